The van der Waals surface area contributed by atoms with E-state index in [0.717, 1.165) is 19.7 Å². The van der Waals surface area contributed by atoms with E-state index < -0.39 is 5.97 Å². The third-order valence-corrected chi connectivity index (χ3v) is 4.75. The number of hydrogen-bond donors (Lipinski definition) is 1. The number of nitrogens with zero attached hydrogens (tertiary/aromatic N) is 1. The summed E-state index contributed by atoms with van der Waals surface area (Å²) < 4.78 is 6.05. The highest BCUT2D eigenvalue weighted by molar-refractivity contribution is 5.87. The normalized spacial score (nSPS) is 29.0. The van der Waals surface area contributed by atoms with Crippen LogP contribution in [0.4, 0.5) is 0 Å². The van der Waals surface area contributed by atoms with E-state index >= 15 is 0 Å². The summed E-state index contributed by atoms with van der Waals surface area (Å²) in [6, 6.07) is 7.68. The minimum atomic E-state index is -0.871. The van der Waals surface area contributed by atoms with Gasteiger partial charge in [-0.15, -0.1) is 0 Å². The van der Waals surface area contributed by atoms with E-state index in [2.05, 4.69) is 18.7 Å². The Labute approximate surface area is 125 Å². The number of ether oxygens (including phenoxy) is 1. The van der Waals surface area contributed by atoms with Gasteiger partial charge in [0.05, 0.1) is 11.2 Å². The number of carboxylic acids is 1. The molecule has 1 aromatic rings. The van der Waals surface area contributed by atoms with E-state index in [9.17, 15) is 4.79 Å². The highest BCUT2D eigenvalue weighted by atomic mass is 16.5. The van der Waals surface area contributed by atoms with Gasteiger partial charge in [0, 0.05) is 25.7 Å². The maximum atomic E-state index is 10.9. The summed E-state index contributed by atoms with van der Waals surface area (Å²) in [7, 11) is 0. The van der Waals surface area contributed by atoms with Gasteiger partial charge in [-0.3, -0.25) is 4.90 Å². The molecule has 4 nitrogen and oxygen atoms in total. The van der Waals surface area contributed by atoms with E-state index in [1.165, 1.54) is 18.4 Å². The monoisotopic (exact) mass is 289 g/mol. The lowest BCUT2D eigenvalue weighted by atomic mass is 9.75. The molecule has 0 amide bonds. The summed E-state index contributed by atoms with van der Waals surface area (Å²) >= 11 is 0. The van der Waals surface area contributed by atoms with Gasteiger partial charge in [0.2, 0.25) is 0 Å². The van der Waals surface area contributed by atoms with Crippen molar-refractivity contribution < 1.29 is 14.6 Å². The molecule has 0 saturated carbocycles. The number of carbonyl (C=O) groups is 1. The van der Waals surface area contributed by atoms with Crippen molar-refractivity contribution in [2.24, 2.45) is 5.92 Å². The molecule has 2 unspecified atom stereocenters. The quantitative estimate of drug-likeness (QED) is 0.926. The Hall–Kier alpha value is -1.39. The van der Waals surface area contributed by atoms with Crippen molar-refractivity contribution in [3.63, 3.8) is 0 Å². The Morgan fingerprint density at radius 1 is 1.43 bits per heavy atom. The topological polar surface area (TPSA) is 49.8 Å². The molecule has 1 spiro atoms. The summed E-state index contributed by atoms with van der Waals surface area (Å²) in [5.74, 6) is -0.306. The van der Waals surface area contributed by atoms with Crippen molar-refractivity contribution in [3.05, 3.63) is 35.4 Å². The van der Waals surface area contributed by atoms with E-state index in [4.69, 9.17) is 9.84 Å². The molecule has 0 bridgehead atoms. The molecule has 0 aromatic heterocycles. The van der Waals surface area contributed by atoms with E-state index in [1.807, 2.05) is 12.1 Å². The third-order valence-electron chi connectivity index (χ3n) is 4.75. The number of hydrogen-bond acceptors (Lipinski definition) is 3. The van der Waals surface area contributed by atoms with Gasteiger partial charge in [-0.2, -0.15) is 0 Å². The molecule has 2 atom stereocenters. The maximum Gasteiger partial charge on any atom is 0.335 e. The zero-order chi connectivity index (χ0) is 15.0. The lowest BCUT2D eigenvalue weighted by Gasteiger charge is -2.57. The summed E-state index contributed by atoms with van der Waals surface area (Å²) in [5, 5.41) is 8.94. The Kier molecular flexibility index (Phi) is 3.76. The number of carboxylic acid groups (broad SMARTS) is 1. The van der Waals surface area contributed by atoms with Crippen LogP contribution in [0, 0.1) is 5.92 Å². The molecule has 114 valence electrons. The fourth-order valence-electron chi connectivity index (χ4n) is 4.00. The molecule has 2 aliphatic rings. The Morgan fingerprint density at radius 2 is 2.14 bits per heavy atom. The smallest absolute Gasteiger partial charge is 0.335 e. The van der Waals surface area contributed by atoms with Crippen molar-refractivity contribution in [1.29, 1.82) is 0 Å². The third kappa shape index (κ3) is 2.58. The molecule has 3 rings (SSSR count). The molecule has 2 fully saturated rings. The molecule has 2 aliphatic heterocycles. The van der Waals surface area contributed by atoms with Crippen molar-refractivity contribution in [3.8, 4) is 0 Å². The van der Waals surface area contributed by atoms with Gasteiger partial charge in [-0.1, -0.05) is 26.0 Å². The Bertz CT molecular complexity index is 517. The second-order valence-corrected chi connectivity index (χ2v) is 6.61. The maximum absolute atomic E-state index is 10.9. The van der Waals surface area contributed by atoms with Crippen LogP contribution in [0.5, 0.6) is 0 Å². The van der Waals surface area contributed by atoms with Gasteiger partial charge in [0.15, 0.2) is 0 Å². The minimum Gasteiger partial charge on any atom is -0.478 e. The van der Waals surface area contributed by atoms with Crippen LogP contribution in [0.2, 0.25) is 0 Å². The van der Waals surface area contributed by atoms with Crippen LogP contribution in [0.15, 0.2) is 24.3 Å². The highest BCUT2D eigenvalue weighted by Crippen LogP contribution is 2.44. The first-order valence-corrected chi connectivity index (χ1v) is 7.72. The van der Waals surface area contributed by atoms with Crippen molar-refractivity contribution in [1.82, 2.24) is 4.90 Å². The summed E-state index contributed by atoms with van der Waals surface area (Å²) in [6.45, 7) is 7.27. The highest BCUT2D eigenvalue weighted by Gasteiger charge is 2.55. The van der Waals surface area contributed by atoms with Crippen LogP contribution >= 0.6 is 0 Å². The van der Waals surface area contributed by atoms with Crippen LogP contribution in [-0.4, -0.2) is 40.8 Å². The standard InChI is InChI=1S/C17H23NO3/c1-12(2)15-17(8-3-9-21-17)11-18(15)10-13-4-6-14(7-5-13)16(19)20/h4-7,12,15H,3,8-11H2,1-2H3,(H,19,20). The predicted molar refractivity (Wildman–Crippen MR) is 80.4 cm³/mol. The van der Waals surface area contributed by atoms with E-state index in [1.54, 1.807) is 12.1 Å². The molecule has 0 radical (unpaired) electrons. The summed E-state index contributed by atoms with van der Waals surface area (Å²) in [4.78, 5) is 13.4. The van der Waals surface area contributed by atoms with Crippen molar-refractivity contribution in [2.45, 2.75) is 44.9 Å². The molecular weight excluding hydrogens is 266 g/mol. The molecule has 4 heteroatoms. The first-order valence-electron chi connectivity index (χ1n) is 7.72. The van der Waals surface area contributed by atoms with Gasteiger partial charge in [-0.05, 0) is 36.5 Å². The second kappa shape index (κ2) is 5.43. The minimum absolute atomic E-state index is 0.0785. The average molecular weight is 289 g/mol. The zero-order valence-corrected chi connectivity index (χ0v) is 12.7. The Morgan fingerprint density at radius 3 is 2.67 bits per heavy atom. The number of aromatic carboxylic acids is 1. The fraction of sp³-hybridized carbons (Fsp3) is 0.588. The van der Waals surface area contributed by atoms with Gasteiger partial charge in [-0.25, -0.2) is 4.79 Å². The number of likely N-dealkylation sites (tertiary alicyclic amines) is 1. The van der Waals surface area contributed by atoms with Crippen LogP contribution in [-0.2, 0) is 11.3 Å². The van der Waals surface area contributed by atoms with Crippen molar-refractivity contribution in [2.75, 3.05) is 13.2 Å². The van der Waals surface area contributed by atoms with Crippen molar-refractivity contribution >= 4 is 5.97 Å². The van der Waals surface area contributed by atoms with E-state index in [0.29, 0.717) is 17.5 Å². The molecule has 1 aromatic carbocycles. The molecule has 2 saturated heterocycles. The number of rotatable bonds is 4. The average Bonchev–Trinajstić information content (AvgIpc) is 2.88. The Balaban J connectivity index is 1.69. The first kappa shape index (κ1) is 14.5. The van der Waals surface area contributed by atoms with Gasteiger partial charge >= 0.3 is 5.97 Å². The largest absolute Gasteiger partial charge is 0.478 e. The van der Waals surface area contributed by atoms with E-state index in [-0.39, 0.29) is 5.60 Å². The molecule has 2 heterocycles. The molecule has 21 heavy (non-hydrogen) atoms. The lowest BCUT2D eigenvalue weighted by Crippen LogP contribution is -2.70. The zero-order valence-electron chi connectivity index (χ0n) is 12.7. The fourth-order valence-corrected chi connectivity index (χ4v) is 4.00. The summed E-state index contributed by atoms with van der Waals surface area (Å²) in [6.07, 6.45) is 2.34. The summed E-state index contributed by atoms with van der Waals surface area (Å²) in [5.41, 5.74) is 1.59. The predicted octanol–water partition coefficient (Wildman–Crippen LogP) is 2.77. The molecule has 1 N–H and O–H groups in total. The number of benzene rings is 1. The van der Waals surface area contributed by atoms with Crippen LogP contribution in [0.3, 0.4) is 0 Å². The molecular formula is C17H23NO3. The van der Waals surface area contributed by atoms with Crippen LogP contribution in [0.25, 0.3) is 0 Å². The van der Waals surface area contributed by atoms with Gasteiger partial charge < -0.3 is 9.84 Å². The lowest BCUT2D eigenvalue weighted by molar-refractivity contribution is -0.179. The van der Waals surface area contributed by atoms with Gasteiger partial charge in [0.1, 0.15) is 0 Å². The molecule has 0 aliphatic carbocycles. The SMILES string of the molecule is CC(C)C1N(Cc2ccc(C(=O)O)cc2)CC12CCCO2. The van der Waals surface area contributed by atoms with Gasteiger partial charge in [0.25, 0.3) is 0 Å². The second-order valence-electron chi connectivity index (χ2n) is 6.61. The van der Waals surface area contributed by atoms with Crippen LogP contribution in [0.1, 0.15) is 42.6 Å². The first-order chi connectivity index (χ1) is 10.0. The van der Waals surface area contributed by atoms with Crippen LogP contribution < -0.4 is 0 Å².